The van der Waals surface area contributed by atoms with E-state index in [2.05, 4.69) is 11.6 Å². The highest BCUT2D eigenvalue weighted by molar-refractivity contribution is 7.17. The third-order valence-electron chi connectivity index (χ3n) is 5.20. The molecule has 0 saturated carbocycles. The van der Waals surface area contributed by atoms with E-state index in [-0.39, 0.29) is 33.7 Å². The number of nitrogens with zero attached hydrogens (tertiary/aromatic N) is 2. The molecule has 1 aliphatic rings. The van der Waals surface area contributed by atoms with Crippen LogP contribution in [0.2, 0.25) is 0 Å². The van der Waals surface area contributed by atoms with Crippen molar-refractivity contribution < 1.29 is 33.4 Å². The van der Waals surface area contributed by atoms with Crippen LogP contribution in [0.3, 0.4) is 0 Å². The lowest BCUT2D eigenvalue weighted by Gasteiger charge is -2.20. The van der Waals surface area contributed by atoms with Gasteiger partial charge in [0.05, 0.1) is 24.1 Å². The standard InChI is InChI=1S/C25H22N2O7S/c1-4-12-33-16-10-8-15(9-11-16)20(28)18-19(17-7-6-13-34-17)27(23(30)21(18)29)25-26-14(3)22(35-25)24(31)32-5-2/h4,6-11,13,19,28H,1,5,12H2,2-3H3/b20-18+/t19-/m1/s1. The van der Waals surface area contributed by atoms with Crippen LogP contribution in [0.4, 0.5) is 5.13 Å². The Morgan fingerprint density at radius 3 is 2.66 bits per heavy atom. The van der Waals surface area contributed by atoms with E-state index in [9.17, 15) is 19.5 Å². The van der Waals surface area contributed by atoms with Crippen molar-refractivity contribution in [3.8, 4) is 5.75 Å². The van der Waals surface area contributed by atoms with Gasteiger partial charge in [-0.3, -0.25) is 14.5 Å². The van der Waals surface area contributed by atoms with Gasteiger partial charge in [-0.25, -0.2) is 9.78 Å². The lowest BCUT2D eigenvalue weighted by molar-refractivity contribution is -0.132. The molecule has 1 amide bonds. The number of aryl methyl sites for hydroxylation is 1. The molecular formula is C25H22N2O7S. The number of carbonyl (C=O) groups is 3. The highest BCUT2D eigenvalue weighted by Gasteiger charge is 2.49. The first kappa shape index (κ1) is 24.0. The quantitative estimate of drug-likeness (QED) is 0.161. The highest BCUT2D eigenvalue weighted by atomic mass is 32.1. The van der Waals surface area contributed by atoms with Crippen LogP contribution < -0.4 is 9.64 Å². The van der Waals surface area contributed by atoms with Crippen LogP contribution in [-0.4, -0.2) is 41.0 Å². The number of aliphatic hydroxyl groups is 1. The van der Waals surface area contributed by atoms with Gasteiger partial charge < -0.3 is 19.0 Å². The zero-order chi connectivity index (χ0) is 25.1. The van der Waals surface area contributed by atoms with Crippen LogP contribution in [0.15, 0.2) is 65.3 Å². The fourth-order valence-corrected chi connectivity index (χ4v) is 4.62. The Labute approximate surface area is 204 Å². The molecule has 1 N–H and O–H groups in total. The van der Waals surface area contributed by atoms with Gasteiger partial charge in [-0.1, -0.05) is 24.0 Å². The Bertz CT molecular complexity index is 1310. The van der Waals surface area contributed by atoms with E-state index in [0.29, 0.717) is 23.6 Å². The predicted molar refractivity (Wildman–Crippen MR) is 128 cm³/mol. The Morgan fingerprint density at radius 2 is 2.03 bits per heavy atom. The molecule has 2 aromatic heterocycles. The topological polar surface area (TPSA) is 119 Å². The molecule has 180 valence electrons. The monoisotopic (exact) mass is 494 g/mol. The molecule has 0 spiro atoms. The molecule has 1 fully saturated rings. The molecule has 35 heavy (non-hydrogen) atoms. The lowest BCUT2D eigenvalue weighted by atomic mass is 9.99. The van der Waals surface area contributed by atoms with Crippen molar-refractivity contribution in [1.29, 1.82) is 0 Å². The molecule has 1 aliphatic heterocycles. The maximum absolute atomic E-state index is 13.2. The number of hydrogen-bond donors (Lipinski definition) is 1. The van der Waals surface area contributed by atoms with Gasteiger partial charge >= 0.3 is 11.9 Å². The third kappa shape index (κ3) is 4.47. The number of aliphatic hydroxyl groups excluding tert-OH is 1. The second-order valence-electron chi connectivity index (χ2n) is 7.44. The number of benzene rings is 1. The number of aromatic nitrogens is 1. The van der Waals surface area contributed by atoms with Crippen molar-refractivity contribution in [3.63, 3.8) is 0 Å². The van der Waals surface area contributed by atoms with Crippen molar-refractivity contribution >= 4 is 39.9 Å². The Balaban J connectivity index is 1.80. The Morgan fingerprint density at radius 1 is 1.29 bits per heavy atom. The first-order valence-corrected chi connectivity index (χ1v) is 11.5. The number of esters is 1. The number of ether oxygens (including phenoxy) is 2. The fraction of sp³-hybridized carbons (Fsp3) is 0.200. The van der Waals surface area contributed by atoms with Gasteiger partial charge in [0.25, 0.3) is 5.78 Å². The number of furan rings is 1. The molecule has 10 heteroatoms. The van der Waals surface area contributed by atoms with E-state index in [1.54, 1.807) is 56.3 Å². The van der Waals surface area contributed by atoms with Crippen LogP contribution in [0, 0.1) is 6.92 Å². The largest absolute Gasteiger partial charge is 0.507 e. The first-order chi connectivity index (χ1) is 16.9. The van der Waals surface area contributed by atoms with Crippen molar-refractivity contribution in [1.82, 2.24) is 4.98 Å². The van der Waals surface area contributed by atoms with E-state index in [1.165, 1.54) is 6.26 Å². The van der Waals surface area contributed by atoms with Gasteiger partial charge in [0.1, 0.15) is 34.8 Å². The minimum Gasteiger partial charge on any atom is -0.507 e. The predicted octanol–water partition coefficient (Wildman–Crippen LogP) is 4.41. The molecule has 1 atom stereocenters. The van der Waals surface area contributed by atoms with Crippen LogP contribution >= 0.6 is 11.3 Å². The molecule has 3 aromatic rings. The summed E-state index contributed by atoms with van der Waals surface area (Å²) in [5, 5.41) is 11.2. The van der Waals surface area contributed by atoms with Crippen molar-refractivity contribution in [2.24, 2.45) is 0 Å². The number of carbonyl (C=O) groups excluding carboxylic acids is 3. The molecular weight excluding hydrogens is 472 g/mol. The van der Waals surface area contributed by atoms with Gasteiger partial charge in [0, 0.05) is 5.56 Å². The number of amides is 1. The van der Waals surface area contributed by atoms with Gasteiger partial charge in [0.2, 0.25) is 0 Å². The maximum Gasteiger partial charge on any atom is 0.350 e. The average molecular weight is 495 g/mol. The molecule has 0 unspecified atom stereocenters. The molecule has 9 nitrogen and oxygen atoms in total. The number of Topliss-reactive ketones (excluding diaryl/α,β-unsaturated/α-hetero) is 1. The van der Waals surface area contributed by atoms with Gasteiger partial charge in [0.15, 0.2) is 5.13 Å². The third-order valence-corrected chi connectivity index (χ3v) is 6.34. The summed E-state index contributed by atoms with van der Waals surface area (Å²) >= 11 is 0.927. The van der Waals surface area contributed by atoms with Crippen LogP contribution in [-0.2, 0) is 14.3 Å². The molecule has 4 rings (SSSR count). The summed E-state index contributed by atoms with van der Waals surface area (Å²) in [5.41, 5.74) is 0.516. The number of rotatable bonds is 8. The van der Waals surface area contributed by atoms with E-state index >= 15 is 0 Å². The van der Waals surface area contributed by atoms with E-state index in [1.807, 2.05) is 0 Å². The van der Waals surface area contributed by atoms with Crippen molar-refractivity contribution in [2.75, 3.05) is 18.1 Å². The zero-order valence-electron chi connectivity index (χ0n) is 19.0. The lowest BCUT2D eigenvalue weighted by Crippen LogP contribution is -2.29. The van der Waals surface area contributed by atoms with Crippen LogP contribution in [0.25, 0.3) is 5.76 Å². The normalized spacial score (nSPS) is 17.0. The molecule has 1 aromatic carbocycles. The smallest absolute Gasteiger partial charge is 0.350 e. The van der Waals surface area contributed by atoms with Gasteiger partial charge in [-0.2, -0.15) is 0 Å². The molecule has 0 radical (unpaired) electrons. The number of thiazole rings is 1. The Kier molecular flexibility index (Phi) is 6.83. The van der Waals surface area contributed by atoms with Gasteiger partial charge in [-0.15, -0.1) is 0 Å². The van der Waals surface area contributed by atoms with Crippen molar-refractivity contribution in [3.05, 3.63) is 82.8 Å². The summed E-state index contributed by atoms with van der Waals surface area (Å²) in [6.45, 7) is 7.39. The molecule has 3 heterocycles. The van der Waals surface area contributed by atoms with E-state index < -0.39 is 23.7 Å². The minimum atomic E-state index is -1.08. The number of hydrogen-bond acceptors (Lipinski definition) is 9. The molecule has 0 bridgehead atoms. The van der Waals surface area contributed by atoms with Gasteiger partial charge in [-0.05, 0) is 50.2 Å². The van der Waals surface area contributed by atoms with E-state index in [4.69, 9.17) is 13.9 Å². The Hall–Kier alpha value is -4.18. The van der Waals surface area contributed by atoms with Crippen LogP contribution in [0.5, 0.6) is 5.75 Å². The first-order valence-electron chi connectivity index (χ1n) is 10.7. The SMILES string of the molecule is C=CCOc1ccc(/C(O)=C2\C(=O)C(=O)N(c3nc(C)c(C(=O)OCC)s3)[C@@H]2c2ccco2)cc1. The zero-order valence-corrected chi connectivity index (χ0v) is 19.8. The summed E-state index contributed by atoms with van der Waals surface area (Å²) < 4.78 is 16.0. The van der Waals surface area contributed by atoms with Crippen LogP contribution in [0.1, 0.15) is 39.7 Å². The second-order valence-corrected chi connectivity index (χ2v) is 8.42. The highest BCUT2D eigenvalue weighted by Crippen LogP contribution is 2.44. The summed E-state index contributed by atoms with van der Waals surface area (Å²) in [4.78, 5) is 44.3. The summed E-state index contributed by atoms with van der Waals surface area (Å²) in [7, 11) is 0. The van der Waals surface area contributed by atoms with E-state index in [0.717, 1.165) is 16.2 Å². The number of anilines is 1. The second kappa shape index (κ2) is 9.98. The summed E-state index contributed by atoms with van der Waals surface area (Å²) in [5.74, 6) is -1.94. The summed E-state index contributed by atoms with van der Waals surface area (Å²) in [6, 6.07) is 8.54. The average Bonchev–Trinajstić information content (AvgIpc) is 3.57. The maximum atomic E-state index is 13.2. The van der Waals surface area contributed by atoms with Crippen molar-refractivity contribution in [2.45, 2.75) is 19.9 Å². The molecule has 1 saturated heterocycles. The minimum absolute atomic E-state index is 0.112. The number of ketones is 1. The molecule has 0 aliphatic carbocycles. The fourth-order valence-electron chi connectivity index (χ4n) is 3.64. The summed E-state index contributed by atoms with van der Waals surface area (Å²) in [6.07, 6.45) is 3.00.